The SMILES string of the molecule is CC1=C(C(=O)O)N2C(=O)C[C@H]2[S@@](=O)C1. The van der Waals surface area contributed by atoms with E-state index >= 15 is 0 Å². The van der Waals surface area contributed by atoms with E-state index in [1.165, 1.54) is 0 Å². The third-order valence-corrected chi connectivity index (χ3v) is 4.12. The van der Waals surface area contributed by atoms with Crippen molar-refractivity contribution < 1.29 is 18.9 Å². The maximum Gasteiger partial charge on any atom is 0.352 e. The summed E-state index contributed by atoms with van der Waals surface area (Å²) < 4.78 is 11.5. The van der Waals surface area contributed by atoms with Gasteiger partial charge in [0.15, 0.2) is 0 Å². The lowest BCUT2D eigenvalue weighted by Crippen LogP contribution is -2.58. The molecule has 0 saturated carbocycles. The Morgan fingerprint density at radius 2 is 2.29 bits per heavy atom. The van der Waals surface area contributed by atoms with Gasteiger partial charge in [0.1, 0.15) is 11.1 Å². The highest BCUT2D eigenvalue weighted by Crippen LogP contribution is 2.33. The molecule has 6 heteroatoms. The molecule has 2 aliphatic rings. The van der Waals surface area contributed by atoms with E-state index in [0.717, 1.165) is 4.90 Å². The van der Waals surface area contributed by atoms with Crippen LogP contribution in [0, 0.1) is 0 Å². The molecular formula is C8H9NO4S. The van der Waals surface area contributed by atoms with Gasteiger partial charge in [0, 0.05) is 16.6 Å². The van der Waals surface area contributed by atoms with Gasteiger partial charge < -0.3 is 5.11 Å². The number of aliphatic carboxylic acids is 1. The van der Waals surface area contributed by atoms with E-state index in [1.807, 2.05) is 0 Å². The van der Waals surface area contributed by atoms with E-state index in [-0.39, 0.29) is 23.8 Å². The van der Waals surface area contributed by atoms with E-state index in [2.05, 4.69) is 0 Å². The second-order valence-corrected chi connectivity index (χ2v) is 4.98. The Balaban J connectivity index is 2.45. The van der Waals surface area contributed by atoms with Gasteiger partial charge in [-0.15, -0.1) is 0 Å². The molecule has 0 spiro atoms. The normalized spacial score (nSPS) is 31.2. The molecule has 1 fully saturated rings. The van der Waals surface area contributed by atoms with Crippen LogP contribution in [0.15, 0.2) is 11.3 Å². The molecular weight excluding hydrogens is 206 g/mol. The van der Waals surface area contributed by atoms with Crippen molar-refractivity contribution >= 4 is 22.7 Å². The largest absolute Gasteiger partial charge is 0.477 e. The molecule has 0 aromatic rings. The summed E-state index contributed by atoms with van der Waals surface area (Å²) in [7, 11) is -1.13. The van der Waals surface area contributed by atoms with Crippen LogP contribution in [0.2, 0.25) is 0 Å². The Kier molecular flexibility index (Phi) is 1.95. The maximum atomic E-state index is 11.5. The lowest BCUT2D eigenvalue weighted by Gasteiger charge is -2.43. The van der Waals surface area contributed by atoms with Crippen molar-refractivity contribution in [2.45, 2.75) is 18.7 Å². The predicted octanol–water partition coefficient (Wildman–Crippen LogP) is -0.334. The summed E-state index contributed by atoms with van der Waals surface area (Å²) >= 11 is 0. The van der Waals surface area contributed by atoms with E-state index in [1.54, 1.807) is 6.92 Å². The summed E-state index contributed by atoms with van der Waals surface area (Å²) in [4.78, 5) is 23.2. The highest BCUT2D eigenvalue weighted by atomic mass is 32.2. The van der Waals surface area contributed by atoms with Crippen molar-refractivity contribution in [2.75, 3.05) is 5.75 Å². The second-order valence-electron chi connectivity index (χ2n) is 3.38. The fourth-order valence-corrected chi connectivity index (χ4v) is 3.28. The van der Waals surface area contributed by atoms with Crippen LogP contribution in [0.5, 0.6) is 0 Å². The number of carboxylic acids is 1. The van der Waals surface area contributed by atoms with Crippen molar-refractivity contribution in [2.24, 2.45) is 0 Å². The average Bonchev–Trinajstić information content (AvgIpc) is 2.07. The molecule has 0 aromatic carbocycles. The van der Waals surface area contributed by atoms with Gasteiger partial charge in [0.2, 0.25) is 5.91 Å². The van der Waals surface area contributed by atoms with Crippen molar-refractivity contribution in [3.05, 3.63) is 11.3 Å². The summed E-state index contributed by atoms with van der Waals surface area (Å²) in [6, 6.07) is 0. The minimum Gasteiger partial charge on any atom is -0.477 e. The monoisotopic (exact) mass is 215 g/mol. The number of carbonyl (C=O) groups is 2. The quantitative estimate of drug-likeness (QED) is 0.607. The topological polar surface area (TPSA) is 74.7 Å². The molecule has 2 atom stereocenters. The average molecular weight is 215 g/mol. The van der Waals surface area contributed by atoms with Crippen LogP contribution in [-0.4, -0.2) is 37.2 Å². The number of fused-ring (bicyclic) bond motifs is 1. The zero-order valence-electron chi connectivity index (χ0n) is 7.52. The van der Waals surface area contributed by atoms with Crippen LogP contribution < -0.4 is 0 Å². The van der Waals surface area contributed by atoms with Crippen LogP contribution in [0.1, 0.15) is 13.3 Å². The molecule has 1 saturated heterocycles. The van der Waals surface area contributed by atoms with Gasteiger partial charge in [-0.05, 0) is 12.5 Å². The predicted molar refractivity (Wildman–Crippen MR) is 48.6 cm³/mol. The molecule has 1 N–H and O–H groups in total. The molecule has 5 nitrogen and oxygen atoms in total. The van der Waals surface area contributed by atoms with E-state index < -0.39 is 22.1 Å². The number of rotatable bonds is 1. The van der Waals surface area contributed by atoms with Crippen molar-refractivity contribution in [3.8, 4) is 0 Å². The molecule has 2 heterocycles. The van der Waals surface area contributed by atoms with Crippen LogP contribution in [0.25, 0.3) is 0 Å². The van der Waals surface area contributed by atoms with Crippen molar-refractivity contribution in [1.82, 2.24) is 4.90 Å². The number of carboxylic acid groups (broad SMARTS) is 1. The standard InChI is InChI=1S/C8H9NO4S/c1-4-3-14(13)6-2-5(10)9(6)7(4)8(11)12/h6H,2-3H2,1H3,(H,11,12)/t6-,14+/m1/s1. The van der Waals surface area contributed by atoms with E-state index in [4.69, 9.17) is 5.11 Å². The van der Waals surface area contributed by atoms with Gasteiger partial charge in [-0.3, -0.25) is 13.9 Å². The summed E-state index contributed by atoms with van der Waals surface area (Å²) in [6.45, 7) is 1.60. The third kappa shape index (κ3) is 1.10. The first kappa shape index (κ1) is 9.39. The highest BCUT2D eigenvalue weighted by molar-refractivity contribution is 7.86. The zero-order valence-corrected chi connectivity index (χ0v) is 8.34. The molecule has 0 aliphatic carbocycles. The Hall–Kier alpha value is -1.17. The smallest absolute Gasteiger partial charge is 0.352 e. The molecule has 0 unspecified atom stereocenters. The lowest BCUT2D eigenvalue weighted by atomic mass is 10.1. The first-order chi connectivity index (χ1) is 6.52. The van der Waals surface area contributed by atoms with Crippen molar-refractivity contribution in [1.29, 1.82) is 0 Å². The number of carbonyl (C=O) groups excluding carboxylic acids is 1. The fourth-order valence-electron chi connectivity index (χ4n) is 1.74. The zero-order chi connectivity index (χ0) is 10.5. The van der Waals surface area contributed by atoms with Crippen LogP contribution >= 0.6 is 0 Å². The summed E-state index contributed by atoms with van der Waals surface area (Å²) in [5, 5.41) is 8.48. The van der Waals surface area contributed by atoms with E-state index in [0.29, 0.717) is 5.57 Å². The molecule has 14 heavy (non-hydrogen) atoms. The minimum atomic E-state index is -1.13. The Labute approximate surface area is 82.8 Å². The highest BCUT2D eigenvalue weighted by Gasteiger charge is 2.47. The molecule has 0 bridgehead atoms. The number of nitrogens with zero attached hydrogens (tertiary/aromatic N) is 1. The Morgan fingerprint density at radius 3 is 2.79 bits per heavy atom. The van der Waals surface area contributed by atoms with Gasteiger partial charge >= 0.3 is 5.97 Å². The van der Waals surface area contributed by atoms with E-state index in [9.17, 15) is 13.8 Å². The molecule has 2 aliphatic heterocycles. The second kappa shape index (κ2) is 2.91. The van der Waals surface area contributed by atoms with Crippen LogP contribution in [0.4, 0.5) is 0 Å². The Bertz CT molecular complexity index is 387. The molecule has 76 valence electrons. The maximum absolute atomic E-state index is 11.5. The third-order valence-electron chi connectivity index (χ3n) is 2.42. The number of hydrogen-bond donors (Lipinski definition) is 1. The summed E-state index contributed by atoms with van der Waals surface area (Å²) in [6.07, 6.45) is 0.205. The first-order valence-electron chi connectivity index (χ1n) is 4.14. The van der Waals surface area contributed by atoms with Gasteiger partial charge in [-0.25, -0.2) is 4.79 Å². The molecule has 0 aromatic heterocycles. The van der Waals surface area contributed by atoms with Crippen LogP contribution in [0.3, 0.4) is 0 Å². The van der Waals surface area contributed by atoms with Gasteiger partial charge in [0.05, 0.1) is 6.42 Å². The number of amides is 1. The number of hydrogen-bond acceptors (Lipinski definition) is 3. The summed E-state index contributed by atoms with van der Waals surface area (Å²) in [5.74, 6) is -1.10. The minimum absolute atomic E-state index is 0.0193. The molecule has 1 amide bonds. The van der Waals surface area contributed by atoms with Gasteiger partial charge in [-0.2, -0.15) is 0 Å². The van der Waals surface area contributed by atoms with Gasteiger partial charge in [-0.1, -0.05) is 0 Å². The first-order valence-corrected chi connectivity index (χ1v) is 5.53. The summed E-state index contributed by atoms with van der Waals surface area (Å²) in [5.41, 5.74) is 0.533. The van der Waals surface area contributed by atoms with Crippen molar-refractivity contribution in [3.63, 3.8) is 0 Å². The molecule has 0 radical (unpaired) electrons. The lowest BCUT2D eigenvalue weighted by molar-refractivity contribution is -0.146. The fraction of sp³-hybridized carbons (Fsp3) is 0.500. The van der Waals surface area contributed by atoms with Gasteiger partial charge in [0.25, 0.3) is 0 Å². The number of β-lactam (4-membered cyclic amide) rings is 1. The molecule has 2 rings (SSSR count). The van der Waals surface area contributed by atoms with Crippen LogP contribution in [-0.2, 0) is 20.4 Å². The Morgan fingerprint density at radius 1 is 1.64 bits per heavy atom.